The first kappa shape index (κ1) is 19.8. The maximum absolute atomic E-state index is 8.91. The summed E-state index contributed by atoms with van der Waals surface area (Å²) in [6.45, 7) is 0. The first-order valence-corrected chi connectivity index (χ1v) is 14.7. The van der Waals surface area contributed by atoms with Crippen molar-refractivity contribution in [3.8, 4) is 22.3 Å². The van der Waals surface area contributed by atoms with Crippen LogP contribution in [-0.2, 0) is 0 Å². The molecule has 0 radical (unpaired) electrons. The van der Waals surface area contributed by atoms with Gasteiger partial charge in [-0.25, -0.2) is 0 Å². The molecule has 0 aliphatic rings. The number of benzene rings is 7. The number of para-hydroxylation sites is 1. The van der Waals surface area contributed by atoms with Gasteiger partial charge in [0, 0.05) is 37.2 Å². The number of nitrogens with zero attached hydrogens (tertiary/aromatic N) is 1. The van der Waals surface area contributed by atoms with Crippen molar-refractivity contribution in [1.82, 2.24) is 0 Å². The van der Waals surface area contributed by atoms with Gasteiger partial charge in [0.05, 0.1) is 6.85 Å². The third-order valence-corrected chi connectivity index (χ3v) is 8.98. The highest BCUT2D eigenvalue weighted by molar-refractivity contribution is 7.26. The molecule has 2 heteroatoms. The summed E-state index contributed by atoms with van der Waals surface area (Å²) < 4.78 is 45.4. The third-order valence-electron chi connectivity index (χ3n) is 7.76. The van der Waals surface area contributed by atoms with Crippen LogP contribution in [0.25, 0.3) is 53.2 Å². The van der Waals surface area contributed by atoms with Crippen LogP contribution in [0.3, 0.4) is 0 Å². The maximum Gasteiger partial charge on any atom is 0.0645 e. The quantitative estimate of drug-likeness (QED) is 0.203. The molecule has 0 aliphatic carbocycles. The lowest BCUT2D eigenvalue weighted by Gasteiger charge is -2.26. The Morgan fingerprint density at radius 1 is 0.476 bits per heavy atom. The molecule has 0 saturated carbocycles. The lowest BCUT2D eigenvalue weighted by Crippen LogP contribution is -2.09. The fraction of sp³-hybridized carbons (Fsp3) is 0. The predicted molar refractivity (Wildman–Crippen MR) is 182 cm³/mol. The predicted octanol–water partition coefficient (Wildman–Crippen LogP) is 12.0. The van der Waals surface area contributed by atoms with Crippen molar-refractivity contribution in [3.05, 3.63) is 164 Å². The van der Waals surface area contributed by atoms with E-state index in [1.165, 1.54) is 20.2 Å². The Morgan fingerprint density at radius 2 is 1.17 bits per heavy atom. The number of thiophene rings is 1. The molecule has 1 aromatic heterocycles. The van der Waals surface area contributed by atoms with Gasteiger partial charge < -0.3 is 4.90 Å². The molecule has 0 saturated heterocycles. The van der Waals surface area contributed by atoms with Crippen LogP contribution in [0, 0.1) is 0 Å². The van der Waals surface area contributed by atoms with Gasteiger partial charge in [-0.1, -0.05) is 121 Å². The van der Waals surface area contributed by atoms with E-state index in [2.05, 4.69) is 72.8 Å². The normalized spacial score (nSPS) is 13.0. The Kier molecular flexibility index (Phi) is 4.88. The van der Waals surface area contributed by atoms with E-state index in [-0.39, 0.29) is 29.9 Å². The molecule has 1 nitrogen and oxygen atoms in total. The molecule has 0 unspecified atom stereocenters. The summed E-state index contributed by atoms with van der Waals surface area (Å²) >= 11 is 1.76. The van der Waals surface area contributed by atoms with Crippen LogP contribution >= 0.6 is 11.3 Å². The van der Waals surface area contributed by atoms with Crippen molar-refractivity contribution < 1.29 is 6.85 Å². The molecule has 0 amide bonds. The number of rotatable bonds is 5. The monoisotopic (exact) mass is 558 g/mol. The number of anilines is 3. The Hall–Kier alpha value is -5.18. The second-order valence-electron chi connectivity index (χ2n) is 10.2. The first-order valence-electron chi connectivity index (χ1n) is 16.4. The molecule has 0 spiro atoms. The van der Waals surface area contributed by atoms with Crippen LogP contribution in [0.2, 0.25) is 0 Å². The molecule has 0 bridgehead atoms. The summed E-state index contributed by atoms with van der Waals surface area (Å²) in [4.78, 5) is 1.78. The topological polar surface area (TPSA) is 3.24 Å². The number of hydrogen-bond donors (Lipinski definition) is 0. The second kappa shape index (κ2) is 10.3. The van der Waals surface area contributed by atoms with Crippen LogP contribution in [0.15, 0.2) is 164 Å². The lowest BCUT2D eigenvalue weighted by molar-refractivity contribution is 1.28. The van der Waals surface area contributed by atoms with E-state index in [0.29, 0.717) is 11.4 Å². The zero-order chi connectivity index (χ0) is 32.2. The van der Waals surface area contributed by atoms with Gasteiger partial charge in [-0.3, -0.25) is 0 Å². The Labute approximate surface area is 256 Å². The molecule has 0 fully saturated rings. The summed E-state index contributed by atoms with van der Waals surface area (Å²) in [5, 5.41) is 4.71. The zero-order valence-corrected chi connectivity index (χ0v) is 23.4. The van der Waals surface area contributed by atoms with Crippen molar-refractivity contribution in [2.24, 2.45) is 0 Å². The molecule has 1 heterocycles. The fourth-order valence-electron chi connectivity index (χ4n) is 5.82. The van der Waals surface area contributed by atoms with E-state index in [1.54, 1.807) is 16.2 Å². The van der Waals surface area contributed by atoms with Gasteiger partial charge in [-0.15, -0.1) is 11.3 Å². The molecule has 42 heavy (non-hydrogen) atoms. The molecular weight excluding hydrogens is 527 g/mol. The van der Waals surface area contributed by atoms with E-state index < -0.39 is 6.04 Å². The molecular formula is C40H27NS. The minimum absolute atomic E-state index is 0.103. The minimum atomic E-state index is -0.416. The summed E-state index contributed by atoms with van der Waals surface area (Å²) in [5.41, 5.74) is 5.66. The first-order chi connectivity index (χ1) is 22.9. The molecule has 7 aromatic carbocycles. The number of hydrogen-bond acceptors (Lipinski definition) is 2. The lowest BCUT2D eigenvalue weighted by atomic mass is 9.98. The molecule has 0 N–H and O–H groups in total. The maximum atomic E-state index is 8.91. The summed E-state index contributed by atoms with van der Waals surface area (Å²) in [7, 11) is 0. The van der Waals surface area contributed by atoms with Crippen LogP contribution in [0.5, 0.6) is 0 Å². The number of fused-ring (bicyclic) bond motifs is 4. The van der Waals surface area contributed by atoms with Gasteiger partial charge in [0.2, 0.25) is 0 Å². The van der Waals surface area contributed by atoms with E-state index in [9.17, 15) is 0 Å². The van der Waals surface area contributed by atoms with Gasteiger partial charge in [0.25, 0.3) is 0 Å². The van der Waals surface area contributed by atoms with E-state index >= 15 is 0 Å². The highest BCUT2D eigenvalue weighted by Gasteiger charge is 2.16. The SMILES string of the molecule is [2H]c1c([2H])c([2H])c(N(c2ccc(-c3cccc4ccccc34)cc2)c2cccc(-c3cccc4c3sc3ccccc34)c2)c([2H])c1[2H]. The van der Waals surface area contributed by atoms with Crippen LogP contribution in [0.4, 0.5) is 17.1 Å². The molecule has 198 valence electrons. The van der Waals surface area contributed by atoms with E-state index in [0.717, 1.165) is 33.0 Å². The van der Waals surface area contributed by atoms with Crippen molar-refractivity contribution in [2.75, 3.05) is 4.90 Å². The van der Waals surface area contributed by atoms with E-state index in [4.69, 9.17) is 6.85 Å². The highest BCUT2D eigenvalue weighted by Crippen LogP contribution is 2.42. The van der Waals surface area contributed by atoms with Crippen molar-refractivity contribution in [2.45, 2.75) is 0 Å². The summed E-state index contributed by atoms with van der Waals surface area (Å²) in [6, 6.07) is 43.5. The second-order valence-corrected chi connectivity index (χ2v) is 11.3. The Morgan fingerprint density at radius 3 is 2.05 bits per heavy atom. The smallest absolute Gasteiger partial charge is 0.0645 e. The third kappa shape index (κ3) is 4.25. The molecule has 8 rings (SSSR count). The standard InChI is InChI=1S/C40H27NS/c1-2-14-31(15-3-1)41(32-25-23-29(24-26-32)35-19-9-12-28-11-4-5-17-34(28)35)33-16-8-13-30(27-33)36-20-10-21-38-37-18-6-7-22-39(37)42-40(36)38/h1-27H/i1D,2D,3D,14D,15D. The van der Waals surface area contributed by atoms with Crippen LogP contribution in [0.1, 0.15) is 6.85 Å². The Bertz CT molecular complexity index is 2450. The van der Waals surface area contributed by atoms with Crippen molar-refractivity contribution in [1.29, 1.82) is 0 Å². The van der Waals surface area contributed by atoms with Gasteiger partial charge >= 0.3 is 0 Å². The van der Waals surface area contributed by atoms with Crippen LogP contribution in [-0.4, -0.2) is 0 Å². The Balaban J connectivity index is 1.31. The van der Waals surface area contributed by atoms with Gasteiger partial charge in [0.15, 0.2) is 0 Å². The van der Waals surface area contributed by atoms with Crippen LogP contribution < -0.4 is 4.90 Å². The van der Waals surface area contributed by atoms with Gasteiger partial charge in [-0.05, 0) is 75.4 Å². The fourth-order valence-corrected chi connectivity index (χ4v) is 7.05. The molecule has 8 aromatic rings. The average Bonchev–Trinajstić information content (AvgIpc) is 3.51. The van der Waals surface area contributed by atoms with E-state index in [1.807, 2.05) is 60.7 Å². The molecule has 0 aliphatic heterocycles. The minimum Gasteiger partial charge on any atom is -0.310 e. The highest BCUT2D eigenvalue weighted by atomic mass is 32.1. The van der Waals surface area contributed by atoms with Crippen molar-refractivity contribution in [3.63, 3.8) is 0 Å². The zero-order valence-electron chi connectivity index (χ0n) is 27.6. The molecule has 0 atom stereocenters. The van der Waals surface area contributed by atoms with Gasteiger partial charge in [0.1, 0.15) is 0 Å². The summed E-state index contributed by atoms with van der Waals surface area (Å²) in [6.07, 6.45) is 0. The van der Waals surface area contributed by atoms with Crippen molar-refractivity contribution >= 4 is 59.3 Å². The summed E-state index contributed by atoms with van der Waals surface area (Å²) in [5.74, 6) is 0. The largest absolute Gasteiger partial charge is 0.310 e. The average molecular weight is 559 g/mol. The van der Waals surface area contributed by atoms with Gasteiger partial charge in [-0.2, -0.15) is 0 Å².